The lowest BCUT2D eigenvalue weighted by atomic mass is 9.98. The average Bonchev–Trinajstić information content (AvgIpc) is 2.80. The number of carbonyl (C=O) groups excluding carboxylic acids is 1. The standard InChI is InChI=1S/C15H11ClFNO2/c16-11-3-1-8(2-4-11)15(20)10-5-9-7-13(19)18-14(9)12(17)6-10/h1-6,15,20H,7H2,(H,18,19). The summed E-state index contributed by atoms with van der Waals surface area (Å²) < 4.78 is 13.9. The van der Waals surface area contributed by atoms with Gasteiger partial charge in [0.25, 0.3) is 0 Å². The number of nitrogens with one attached hydrogen (secondary N) is 1. The fourth-order valence-electron chi connectivity index (χ4n) is 2.32. The quantitative estimate of drug-likeness (QED) is 0.893. The third kappa shape index (κ3) is 2.28. The molecular formula is C15H11ClFNO2. The molecule has 5 heteroatoms. The van der Waals surface area contributed by atoms with Crippen molar-refractivity contribution in [3.8, 4) is 0 Å². The molecule has 0 aliphatic carbocycles. The molecule has 0 fully saturated rings. The number of rotatable bonds is 2. The Morgan fingerprint density at radius 1 is 1.20 bits per heavy atom. The number of amides is 1. The second-order valence-electron chi connectivity index (χ2n) is 4.72. The number of aliphatic hydroxyl groups is 1. The molecule has 0 radical (unpaired) electrons. The molecule has 0 aromatic heterocycles. The first-order valence-corrected chi connectivity index (χ1v) is 6.48. The zero-order valence-corrected chi connectivity index (χ0v) is 11.1. The van der Waals surface area contributed by atoms with Gasteiger partial charge in [-0.25, -0.2) is 4.39 Å². The van der Waals surface area contributed by atoms with Gasteiger partial charge in [0.2, 0.25) is 5.91 Å². The van der Waals surface area contributed by atoms with Gasteiger partial charge in [0.15, 0.2) is 0 Å². The second-order valence-corrected chi connectivity index (χ2v) is 5.15. The second kappa shape index (κ2) is 4.89. The minimum Gasteiger partial charge on any atom is -0.384 e. The lowest BCUT2D eigenvalue weighted by molar-refractivity contribution is -0.115. The zero-order chi connectivity index (χ0) is 14.3. The molecule has 1 atom stereocenters. The molecule has 1 heterocycles. The molecule has 1 unspecified atom stereocenters. The maximum Gasteiger partial charge on any atom is 0.228 e. The first kappa shape index (κ1) is 13.1. The smallest absolute Gasteiger partial charge is 0.228 e. The van der Waals surface area contributed by atoms with E-state index in [9.17, 15) is 14.3 Å². The summed E-state index contributed by atoms with van der Waals surface area (Å²) in [5.74, 6) is -0.770. The highest BCUT2D eigenvalue weighted by molar-refractivity contribution is 6.30. The fraction of sp³-hybridized carbons (Fsp3) is 0.133. The summed E-state index contributed by atoms with van der Waals surface area (Å²) in [6.07, 6.45) is -0.823. The van der Waals surface area contributed by atoms with Crippen LogP contribution in [0.15, 0.2) is 36.4 Å². The van der Waals surface area contributed by atoms with Gasteiger partial charge in [-0.2, -0.15) is 0 Å². The topological polar surface area (TPSA) is 49.3 Å². The van der Waals surface area contributed by atoms with Crippen molar-refractivity contribution in [3.63, 3.8) is 0 Å². The Morgan fingerprint density at radius 3 is 2.60 bits per heavy atom. The van der Waals surface area contributed by atoms with Crippen LogP contribution in [0.3, 0.4) is 0 Å². The Morgan fingerprint density at radius 2 is 1.90 bits per heavy atom. The van der Waals surface area contributed by atoms with Gasteiger partial charge >= 0.3 is 0 Å². The van der Waals surface area contributed by atoms with E-state index in [1.807, 2.05) is 0 Å². The van der Waals surface area contributed by atoms with Crippen molar-refractivity contribution in [1.29, 1.82) is 0 Å². The summed E-state index contributed by atoms with van der Waals surface area (Å²) >= 11 is 5.79. The van der Waals surface area contributed by atoms with Gasteiger partial charge < -0.3 is 10.4 Å². The third-order valence-electron chi connectivity index (χ3n) is 3.31. The molecule has 1 amide bonds. The van der Waals surface area contributed by atoms with Crippen LogP contribution >= 0.6 is 11.6 Å². The Bertz CT molecular complexity index is 685. The number of anilines is 1. The van der Waals surface area contributed by atoms with E-state index in [2.05, 4.69) is 5.32 Å². The van der Waals surface area contributed by atoms with Crippen LogP contribution in [0.1, 0.15) is 22.8 Å². The SMILES string of the molecule is O=C1Cc2cc(C(O)c3ccc(Cl)cc3)cc(F)c2N1. The maximum atomic E-state index is 13.9. The van der Waals surface area contributed by atoms with Crippen LogP contribution in [0.5, 0.6) is 0 Å². The van der Waals surface area contributed by atoms with Crippen molar-refractivity contribution >= 4 is 23.2 Å². The molecule has 2 aromatic carbocycles. The lowest BCUT2D eigenvalue weighted by Crippen LogP contribution is -2.04. The van der Waals surface area contributed by atoms with Crippen molar-refractivity contribution in [3.05, 3.63) is 63.9 Å². The van der Waals surface area contributed by atoms with Gasteiger partial charge in [-0.05, 0) is 34.9 Å². The number of aliphatic hydroxyl groups excluding tert-OH is 1. The molecule has 1 aliphatic heterocycles. The van der Waals surface area contributed by atoms with Crippen LogP contribution in [0.2, 0.25) is 5.02 Å². The first-order chi connectivity index (χ1) is 9.54. The summed E-state index contributed by atoms with van der Waals surface area (Å²) in [5, 5.41) is 13.3. The molecule has 20 heavy (non-hydrogen) atoms. The number of benzene rings is 2. The van der Waals surface area contributed by atoms with Crippen LogP contribution in [0.4, 0.5) is 10.1 Å². The number of hydrogen-bond donors (Lipinski definition) is 2. The maximum absolute atomic E-state index is 13.9. The van der Waals surface area contributed by atoms with Crippen molar-refractivity contribution in [1.82, 2.24) is 0 Å². The van der Waals surface area contributed by atoms with Crippen molar-refractivity contribution < 1.29 is 14.3 Å². The monoisotopic (exact) mass is 291 g/mol. The molecule has 0 saturated carbocycles. The predicted octanol–water partition coefficient (Wildman–Crippen LogP) is 3.06. The van der Waals surface area contributed by atoms with Crippen molar-refractivity contribution in [2.75, 3.05) is 5.32 Å². The van der Waals surface area contributed by atoms with E-state index in [-0.39, 0.29) is 18.0 Å². The van der Waals surface area contributed by atoms with Gasteiger partial charge in [0, 0.05) is 5.02 Å². The minimum absolute atomic E-state index is 0.132. The largest absolute Gasteiger partial charge is 0.384 e. The predicted molar refractivity (Wildman–Crippen MR) is 74.2 cm³/mol. The van der Waals surface area contributed by atoms with Crippen LogP contribution in [0.25, 0.3) is 0 Å². The van der Waals surface area contributed by atoms with Gasteiger partial charge in [-0.15, -0.1) is 0 Å². The summed E-state index contributed by atoms with van der Waals surface area (Å²) in [7, 11) is 0. The molecule has 3 nitrogen and oxygen atoms in total. The van der Waals surface area contributed by atoms with E-state index >= 15 is 0 Å². The Kier molecular flexibility index (Phi) is 3.20. The summed E-state index contributed by atoms with van der Waals surface area (Å²) in [4.78, 5) is 11.3. The molecule has 102 valence electrons. The lowest BCUT2D eigenvalue weighted by Gasteiger charge is -2.13. The van der Waals surface area contributed by atoms with Crippen LogP contribution < -0.4 is 5.32 Å². The molecule has 0 saturated heterocycles. The van der Waals surface area contributed by atoms with Crippen LogP contribution in [0, 0.1) is 5.82 Å². The fourth-order valence-corrected chi connectivity index (χ4v) is 2.44. The van der Waals surface area contributed by atoms with E-state index in [0.29, 0.717) is 21.7 Å². The average molecular weight is 292 g/mol. The number of fused-ring (bicyclic) bond motifs is 1. The molecule has 0 spiro atoms. The summed E-state index contributed by atoms with van der Waals surface area (Å²) in [6, 6.07) is 9.58. The van der Waals surface area contributed by atoms with Gasteiger partial charge in [-0.3, -0.25) is 4.79 Å². The number of hydrogen-bond acceptors (Lipinski definition) is 2. The zero-order valence-electron chi connectivity index (χ0n) is 10.4. The third-order valence-corrected chi connectivity index (χ3v) is 3.56. The Balaban J connectivity index is 1.99. The van der Waals surface area contributed by atoms with Crippen LogP contribution in [-0.2, 0) is 11.2 Å². The van der Waals surface area contributed by atoms with Crippen LogP contribution in [-0.4, -0.2) is 11.0 Å². The van der Waals surface area contributed by atoms with E-state index in [1.54, 1.807) is 30.3 Å². The molecule has 3 rings (SSSR count). The Labute approximate surface area is 120 Å². The first-order valence-electron chi connectivity index (χ1n) is 6.10. The minimum atomic E-state index is -0.956. The van der Waals surface area contributed by atoms with E-state index in [1.165, 1.54) is 6.07 Å². The molecule has 1 aliphatic rings. The molecule has 0 bridgehead atoms. The Hall–Kier alpha value is -1.91. The van der Waals surface area contributed by atoms with Crippen molar-refractivity contribution in [2.45, 2.75) is 12.5 Å². The summed E-state index contributed by atoms with van der Waals surface area (Å²) in [6.45, 7) is 0. The van der Waals surface area contributed by atoms with E-state index in [4.69, 9.17) is 11.6 Å². The molecular weight excluding hydrogens is 281 g/mol. The summed E-state index contributed by atoms with van der Waals surface area (Å²) in [5.41, 5.74) is 1.81. The van der Waals surface area contributed by atoms with Gasteiger partial charge in [-0.1, -0.05) is 29.8 Å². The molecule has 2 aromatic rings. The number of carbonyl (C=O) groups is 1. The van der Waals surface area contributed by atoms with Crippen molar-refractivity contribution in [2.24, 2.45) is 0 Å². The highest BCUT2D eigenvalue weighted by Gasteiger charge is 2.24. The van der Waals surface area contributed by atoms with E-state index in [0.717, 1.165) is 0 Å². The van der Waals surface area contributed by atoms with Gasteiger partial charge in [0.05, 0.1) is 12.1 Å². The van der Waals surface area contributed by atoms with Gasteiger partial charge in [0.1, 0.15) is 11.9 Å². The molecule has 2 N–H and O–H groups in total. The highest BCUT2D eigenvalue weighted by Crippen LogP contribution is 2.32. The normalized spacial score (nSPS) is 14.8. The number of halogens is 2. The van der Waals surface area contributed by atoms with E-state index < -0.39 is 11.9 Å². The highest BCUT2D eigenvalue weighted by atomic mass is 35.5.